The first-order chi connectivity index (χ1) is 13.3. The van der Waals surface area contributed by atoms with Crippen molar-refractivity contribution in [2.24, 2.45) is 12.8 Å². The molecule has 1 amide bonds. The van der Waals surface area contributed by atoms with Gasteiger partial charge in [0.25, 0.3) is 5.91 Å². The van der Waals surface area contributed by atoms with E-state index in [-0.39, 0.29) is 17.1 Å². The topological polar surface area (TPSA) is 138 Å². The van der Waals surface area contributed by atoms with Crippen LogP contribution < -0.4 is 11.5 Å². The normalized spacial score (nSPS) is 11.2. The van der Waals surface area contributed by atoms with Gasteiger partial charge in [0.15, 0.2) is 11.5 Å². The Morgan fingerprint density at radius 1 is 1.21 bits per heavy atom. The van der Waals surface area contributed by atoms with Crippen LogP contribution >= 0.6 is 0 Å². The molecule has 4 aromatic rings. The van der Waals surface area contributed by atoms with Crippen LogP contribution in [0.1, 0.15) is 21.5 Å². The zero-order chi connectivity index (χ0) is 20.2. The highest BCUT2D eigenvalue weighted by Crippen LogP contribution is 2.35. The number of aromatic hydroxyl groups is 1. The zero-order valence-corrected chi connectivity index (χ0v) is 15.6. The summed E-state index contributed by atoms with van der Waals surface area (Å²) < 4.78 is 3.28. The molecule has 0 unspecified atom stereocenters. The van der Waals surface area contributed by atoms with Crippen LogP contribution in [-0.2, 0) is 7.05 Å². The number of nitrogens with two attached hydrogens (primary N) is 2. The fourth-order valence-electron chi connectivity index (χ4n) is 3.40. The summed E-state index contributed by atoms with van der Waals surface area (Å²) in [5, 5.41) is 15.0. The smallest absolute Gasteiger partial charge is 0.253 e. The van der Waals surface area contributed by atoms with Gasteiger partial charge < -0.3 is 16.6 Å². The number of carbonyl (C=O) groups excluding carboxylic acids is 1. The number of anilines is 1. The number of carbonyl (C=O) groups is 1. The monoisotopic (exact) mass is 377 g/mol. The maximum atomic E-state index is 12.1. The molecule has 0 fully saturated rings. The van der Waals surface area contributed by atoms with Crippen molar-refractivity contribution in [3.8, 4) is 23.0 Å². The van der Waals surface area contributed by atoms with Crippen molar-refractivity contribution in [1.82, 2.24) is 24.3 Å². The van der Waals surface area contributed by atoms with Gasteiger partial charge in [-0.05, 0) is 31.5 Å². The Morgan fingerprint density at radius 3 is 2.61 bits per heavy atom. The van der Waals surface area contributed by atoms with E-state index in [1.165, 1.54) is 6.20 Å². The number of benzene rings is 1. The van der Waals surface area contributed by atoms with Crippen molar-refractivity contribution in [2.75, 3.05) is 5.73 Å². The quantitative estimate of drug-likeness (QED) is 0.498. The average molecular weight is 377 g/mol. The molecule has 3 heterocycles. The van der Waals surface area contributed by atoms with Crippen LogP contribution in [0.4, 0.5) is 5.82 Å². The van der Waals surface area contributed by atoms with Crippen LogP contribution in [0.15, 0.2) is 30.6 Å². The van der Waals surface area contributed by atoms with Crippen LogP contribution in [0.25, 0.3) is 28.2 Å². The first kappa shape index (κ1) is 17.5. The molecule has 0 aliphatic carbocycles. The van der Waals surface area contributed by atoms with Crippen molar-refractivity contribution in [3.05, 3.63) is 47.3 Å². The molecular weight excluding hydrogens is 358 g/mol. The van der Waals surface area contributed by atoms with Crippen molar-refractivity contribution in [1.29, 1.82) is 0 Å². The summed E-state index contributed by atoms with van der Waals surface area (Å²) in [6.45, 7) is 3.66. The van der Waals surface area contributed by atoms with Crippen molar-refractivity contribution < 1.29 is 9.90 Å². The minimum Gasteiger partial charge on any atom is -0.508 e. The molecule has 0 bridgehead atoms. The van der Waals surface area contributed by atoms with Gasteiger partial charge in [0.05, 0.1) is 16.6 Å². The van der Waals surface area contributed by atoms with E-state index in [9.17, 15) is 9.90 Å². The second-order valence-corrected chi connectivity index (χ2v) is 6.64. The molecule has 0 saturated heterocycles. The van der Waals surface area contributed by atoms with Gasteiger partial charge in [-0.25, -0.2) is 9.97 Å². The summed E-state index contributed by atoms with van der Waals surface area (Å²) in [5.41, 5.74) is 15.1. The lowest BCUT2D eigenvalue weighted by Crippen LogP contribution is -2.14. The fraction of sp³-hybridized carbons (Fsp3) is 0.158. The minimum absolute atomic E-state index is 0.112. The summed E-state index contributed by atoms with van der Waals surface area (Å²) in [4.78, 5) is 21.0. The fourth-order valence-corrected chi connectivity index (χ4v) is 3.40. The largest absolute Gasteiger partial charge is 0.508 e. The summed E-state index contributed by atoms with van der Waals surface area (Å²) in [7, 11) is 1.80. The van der Waals surface area contributed by atoms with E-state index in [0.29, 0.717) is 33.8 Å². The SMILES string of the molecule is Cc1ccc(O)c(C)c1-n1c(N)c(C(N)=O)c2cnc(-c3ccn(C)n3)nc21. The Morgan fingerprint density at radius 2 is 1.96 bits per heavy atom. The highest BCUT2D eigenvalue weighted by Gasteiger charge is 2.24. The van der Waals surface area contributed by atoms with Crippen LogP contribution in [0.5, 0.6) is 5.75 Å². The molecule has 0 saturated carbocycles. The van der Waals surface area contributed by atoms with E-state index in [4.69, 9.17) is 11.5 Å². The second-order valence-electron chi connectivity index (χ2n) is 6.64. The lowest BCUT2D eigenvalue weighted by molar-refractivity contribution is 0.100. The molecule has 0 spiro atoms. The maximum absolute atomic E-state index is 12.1. The van der Waals surface area contributed by atoms with Gasteiger partial charge in [0.2, 0.25) is 0 Å². The molecule has 9 nitrogen and oxygen atoms in total. The Labute approximate surface area is 160 Å². The number of aryl methyl sites for hydroxylation is 2. The number of nitrogen functional groups attached to an aromatic ring is 1. The molecule has 9 heteroatoms. The standard InChI is InChI=1S/C19H19N7O2/c1-9-4-5-13(27)10(2)15(9)26-16(20)14(17(21)28)11-8-22-18(23-19(11)26)12-6-7-25(3)24-12/h4-8,27H,20H2,1-3H3,(H2,21,28). The van der Waals surface area contributed by atoms with Crippen LogP contribution in [-0.4, -0.2) is 35.3 Å². The molecular formula is C19H19N7O2. The van der Waals surface area contributed by atoms with Crippen LogP contribution in [0.3, 0.4) is 0 Å². The van der Waals surface area contributed by atoms with E-state index in [2.05, 4.69) is 15.1 Å². The number of amides is 1. The maximum Gasteiger partial charge on any atom is 0.253 e. The van der Waals surface area contributed by atoms with Crippen molar-refractivity contribution in [2.45, 2.75) is 13.8 Å². The third kappa shape index (κ3) is 2.48. The first-order valence-electron chi connectivity index (χ1n) is 8.56. The first-order valence-corrected chi connectivity index (χ1v) is 8.56. The Hall–Kier alpha value is -3.88. The number of primary amides is 1. The highest BCUT2D eigenvalue weighted by atomic mass is 16.3. The third-order valence-corrected chi connectivity index (χ3v) is 4.76. The predicted octanol–water partition coefficient (Wildman–Crippen LogP) is 1.82. The van der Waals surface area contributed by atoms with Gasteiger partial charge in [-0.15, -0.1) is 0 Å². The zero-order valence-electron chi connectivity index (χ0n) is 15.6. The molecule has 0 aliphatic rings. The number of hydrogen-bond acceptors (Lipinski definition) is 6. The summed E-state index contributed by atoms with van der Waals surface area (Å²) in [6.07, 6.45) is 3.31. The van der Waals surface area contributed by atoms with Crippen LogP contribution in [0, 0.1) is 13.8 Å². The molecule has 4 rings (SSSR count). The Bertz CT molecular complexity index is 1250. The average Bonchev–Trinajstić information content (AvgIpc) is 3.20. The highest BCUT2D eigenvalue weighted by molar-refractivity contribution is 6.11. The lowest BCUT2D eigenvalue weighted by Gasteiger charge is -2.15. The second kappa shape index (κ2) is 6.08. The summed E-state index contributed by atoms with van der Waals surface area (Å²) in [5.74, 6) is -0.0301. The number of hydrogen-bond donors (Lipinski definition) is 3. The van der Waals surface area contributed by atoms with Gasteiger partial charge in [-0.1, -0.05) is 6.07 Å². The molecule has 0 radical (unpaired) electrons. The van der Waals surface area contributed by atoms with Crippen LogP contribution in [0.2, 0.25) is 0 Å². The molecule has 142 valence electrons. The van der Waals surface area contributed by atoms with E-state index in [1.807, 2.05) is 6.92 Å². The molecule has 3 aromatic heterocycles. The molecule has 1 aromatic carbocycles. The van der Waals surface area contributed by atoms with E-state index in [1.54, 1.807) is 47.6 Å². The number of phenols is 1. The third-order valence-electron chi connectivity index (χ3n) is 4.76. The van der Waals surface area contributed by atoms with Gasteiger partial charge in [0.1, 0.15) is 17.3 Å². The van der Waals surface area contributed by atoms with Gasteiger partial charge in [-0.3, -0.25) is 14.0 Å². The molecule has 0 atom stereocenters. The number of nitrogens with zero attached hydrogens (tertiary/aromatic N) is 5. The number of aromatic nitrogens is 5. The molecule has 5 N–H and O–H groups in total. The van der Waals surface area contributed by atoms with Gasteiger partial charge >= 0.3 is 0 Å². The number of fused-ring (bicyclic) bond motifs is 1. The Balaban J connectivity index is 2.12. The summed E-state index contributed by atoms with van der Waals surface area (Å²) >= 11 is 0. The van der Waals surface area contributed by atoms with Gasteiger partial charge in [-0.2, -0.15) is 5.10 Å². The molecule has 0 aliphatic heterocycles. The minimum atomic E-state index is -0.675. The summed E-state index contributed by atoms with van der Waals surface area (Å²) in [6, 6.07) is 5.17. The number of rotatable bonds is 3. The predicted molar refractivity (Wildman–Crippen MR) is 105 cm³/mol. The van der Waals surface area contributed by atoms with E-state index < -0.39 is 5.91 Å². The van der Waals surface area contributed by atoms with Gasteiger partial charge in [0, 0.05) is 25.0 Å². The van der Waals surface area contributed by atoms with Crippen molar-refractivity contribution in [3.63, 3.8) is 0 Å². The molecule has 28 heavy (non-hydrogen) atoms. The lowest BCUT2D eigenvalue weighted by atomic mass is 10.1. The number of phenolic OH excluding ortho intramolecular Hbond substituents is 1. The van der Waals surface area contributed by atoms with Crippen molar-refractivity contribution >= 4 is 22.8 Å². The van der Waals surface area contributed by atoms with E-state index >= 15 is 0 Å². The van der Waals surface area contributed by atoms with E-state index in [0.717, 1.165) is 5.56 Å². The Kier molecular flexibility index (Phi) is 3.81.